The molecule has 1 saturated carbocycles. The van der Waals surface area contributed by atoms with Gasteiger partial charge in [-0.05, 0) is 51.6 Å². The zero-order valence-corrected chi connectivity index (χ0v) is 13.7. The van der Waals surface area contributed by atoms with Crippen LogP contribution in [0.15, 0.2) is 0 Å². The molecular weight excluding hydrogens is 260 g/mol. The van der Waals surface area contributed by atoms with Gasteiger partial charge in [0.1, 0.15) is 0 Å². The Labute approximate surface area is 130 Å². The monoisotopic (exact) mass is 294 g/mol. The third-order valence-corrected chi connectivity index (χ3v) is 6.07. The summed E-state index contributed by atoms with van der Waals surface area (Å²) in [4.78, 5) is 5.37. The van der Waals surface area contributed by atoms with Gasteiger partial charge in [-0.3, -0.25) is 4.90 Å². The summed E-state index contributed by atoms with van der Waals surface area (Å²) in [5.41, 5.74) is 0. The molecule has 2 saturated heterocycles. The van der Waals surface area contributed by atoms with Crippen molar-refractivity contribution in [2.75, 3.05) is 26.2 Å². The molecule has 2 unspecified atom stereocenters. The third-order valence-electron chi connectivity index (χ3n) is 6.07. The minimum atomic E-state index is -0.0724. The third kappa shape index (κ3) is 4.20. The highest BCUT2D eigenvalue weighted by Gasteiger charge is 2.32. The number of aliphatic hydroxyl groups is 1. The first-order valence-corrected chi connectivity index (χ1v) is 9.51. The molecule has 2 heterocycles. The molecule has 3 nitrogen and oxygen atoms in total. The zero-order valence-electron chi connectivity index (χ0n) is 13.7. The van der Waals surface area contributed by atoms with E-state index >= 15 is 0 Å². The minimum absolute atomic E-state index is 0.0724. The van der Waals surface area contributed by atoms with E-state index in [1.807, 2.05) is 0 Å². The van der Waals surface area contributed by atoms with Crippen molar-refractivity contribution < 1.29 is 5.11 Å². The molecule has 0 aromatic carbocycles. The summed E-state index contributed by atoms with van der Waals surface area (Å²) in [5, 5.41) is 10.5. The molecule has 3 heteroatoms. The Morgan fingerprint density at radius 3 is 1.90 bits per heavy atom. The molecule has 1 N–H and O–H groups in total. The van der Waals surface area contributed by atoms with Gasteiger partial charge in [0.05, 0.1) is 6.10 Å². The van der Waals surface area contributed by atoms with Gasteiger partial charge in [-0.1, -0.05) is 32.1 Å². The Kier molecular flexibility index (Phi) is 5.96. The molecule has 122 valence electrons. The van der Waals surface area contributed by atoms with Crippen LogP contribution in [0, 0.1) is 0 Å². The second-order valence-electron chi connectivity index (χ2n) is 7.49. The van der Waals surface area contributed by atoms with Gasteiger partial charge in [0.25, 0.3) is 0 Å². The Hall–Kier alpha value is -0.120. The molecule has 0 spiro atoms. The molecule has 0 bridgehead atoms. The van der Waals surface area contributed by atoms with Crippen LogP contribution in [-0.4, -0.2) is 59.3 Å². The second kappa shape index (κ2) is 7.94. The van der Waals surface area contributed by atoms with Crippen molar-refractivity contribution in [3.63, 3.8) is 0 Å². The number of aliphatic hydroxyl groups excluding tert-OH is 1. The quantitative estimate of drug-likeness (QED) is 0.848. The molecule has 2 aliphatic heterocycles. The van der Waals surface area contributed by atoms with Crippen molar-refractivity contribution in [2.24, 2.45) is 0 Å². The highest BCUT2D eigenvalue weighted by atomic mass is 16.3. The lowest BCUT2D eigenvalue weighted by Crippen LogP contribution is -2.52. The fourth-order valence-electron chi connectivity index (χ4n) is 4.74. The van der Waals surface area contributed by atoms with Crippen molar-refractivity contribution in [2.45, 2.75) is 88.8 Å². The number of nitrogens with zero attached hydrogens (tertiary/aromatic N) is 2. The van der Waals surface area contributed by atoms with Crippen molar-refractivity contribution >= 4 is 0 Å². The molecule has 0 aromatic heterocycles. The van der Waals surface area contributed by atoms with Crippen LogP contribution in [0.25, 0.3) is 0 Å². The average molecular weight is 294 g/mol. The van der Waals surface area contributed by atoms with E-state index in [9.17, 15) is 5.11 Å². The summed E-state index contributed by atoms with van der Waals surface area (Å²) in [6.45, 7) is 5.08. The first-order valence-electron chi connectivity index (χ1n) is 9.51. The molecule has 3 fully saturated rings. The van der Waals surface area contributed by atoms with Gasteiger partial charge in [-0.15, -0.1) is 0 Å². The van der Waals surface area contributed by atoms with Crippen molar-refractivity contribution in [3.8, 4) is 0 Å². The number of hydrogen-bond acceptors (Lipinski definition) is 3. The van der Waals surface area contributed by atoms with Gasteiger partial charge >= 0.3 is 0 Å². The SMILES string of the molecule is OC1CCCCCCC1N1CCC(N2CCCCC2)CC1. The van der Waals surface area contributed by atoms with E-state index in [1.54, 1.807) is 0 Å². The van der Waals surface area contributed by atoms with Crippen LogP contribution in [0.5, 0.6) is 0 Å². The molecule has 0 aromatic rings. The minimum Gasteiger partial charge on any atom is -0.391 e. The van der Waals surface area contributed by atoms with Gasteiger partial charge in [-0.25, -0.2) is 0 Å². The van der Waals surface area contributed by atoms with E-state index in [1.165, 1.54) is 90.4 Å². The maximum atomic E-state index is 10.5. The standard InChI is InChI=1S/C18H34N2O/c21-18-9-5-2-1-4-8-17(18)20-14-10-16(11-15-20)19-12-6-3-7-13-19/h16-18,21H,1-15H2. The van der Waals surface area contributed by atoms with Crippen LogP contribution in [0.3, 0.4) is 0 Å². The second-order valence-corrected chi connectivity index (χ2v) is 7.49. The number of likely N-dealkylation sites (tertiary alicyclic amines) is 2. The van der Waals surface area contributed by atoms with Crippen molar-refractivity contribution in [1.29, 1.82) is 0 Å². The molecule has 3 rings (SSSR count). The number of piperidine rings is 2. The van der Waals surface area contributed by atoms with Crippen molar-refractivity contribution in [3.05, 3.63) is 0 Å². The summed E-state index contributed by atoms with van der Waals surface area (Å²) in [5.74, 6) is 0. The average Bonchev–Trinajstić information content (AvgIpc) is 2.53. The molecular formula is C18H34N2O. The summed E-state index contributed by atoms with van der Waals surface area (Å²) >= 11 is 0. The smallest absolute Gasteiger partial charge is 0.0695 e. The van der Waals surface area contributed by atoms with Crippen LogP contribution in [0.4, 0.5) is 0 Å². The van der Waals surface area contributed by atoms with Crippen LogP contribution in [0.2, 0.25) is 0 Å². The molecule has 21 heavy (non-hydrogen) atoms. The van der Waals surface area contributed by atoms with E-state index in [2.05, 4.69) is 9.80 Å². The molecule has 3 aliphatic rings. The highest BCUT2D eigenvalue weighted by Crippen LogP contribution is 2.27. The maximum absolute atomic E-state index is 10.5. The summed E-state index contributed by atoms with van der Waals surface area (Å²) in [7, 11) is 0. The molecule has 0 amide bonds. The van der Waals surface area contributed by atoms with Crippen molar-refractivity contribution in [1.82, 2.24) is 9.80 Å². The van der Waals surface area contributed by atoms with E-state index in [0.717, 1.165) is 12.5 Å². The summed E-state index contributed by atoms with van der Waals surface area (Å²) < 4.78 is 0. The van der Waals surface area contributed by atoms with Gasteiger partial charge in [0, 0.05) is 25.2 Å². The Bertz CT molecular complexity index is 296. The van der Waals surface area contributed by atoms with Crippen LogP contribution < -0.4 is 0 Å². The first-order chi connectivity index (χ1) is 10.3. The zero-order chi connectivity index (χ0) is 14.5. The Morgan fingerprint density at radius 2 is 1.19 bits per heavy atom. The number of rotatable bonds is 2. The van der Waals surface area contributed by atoms with Crippen LogP contribution in [-0.2, 0) is 0 Å². The van der Waals surface area contributed by atoms with Crippen LogP contribution >= 0.6 is 0 Å². The predicted octanol–water partition coefficient (Wildman–Crippen LogP) is 3.02. The lowest BCUT2D eigenvalue weighted by molar-refractivity contribution is 0.00315. The van der Waals surface area contributed by atoms with E-state index < -0.39 is 0 Å². The predicted molar refractivity (Wildman–Crippen MR) is 87.5 cm³/mol. The van der Waals surface area contributed by atoms with E-state index in [4.69, 9.17) is 0 Å². The highest BCUT2D eigenvalue weighted by molar-refractivity contribution is 4.87. The lowest BCUT2D eigenvalue weighted by Gasteiger charge is -2.44. The fourth-order valence-corrected chi connectivity index (χ4v) is 4.74. The molecule has 2 atom stereocenters. The Morgan fingerprint density at radius 1 is 0.571 bits per heavy atom. The van der Waals surface area contributed by atoms with E-state index in [-0.39, 0.29) is 6.10 Å². The van der Waals surface area contributed by atoms with Gasteiger partial charge in [0.15, 0.2) is 0 Å². The summed E-state index contributed by atoms with van der Waals surface area (Å²) in [6, 6.07) is 1.28. The van der Waals surface area contributed by atoms with E-state index in [0.29, 0.717) is 6.04 Å². The molecule has 1 aliphatic carbocycles. The van der Waals surface area contributed by atoms with Gasteiger partial charge < -0.3 is 10.0 Å². The Balaban J connectivity index is 1.49. The lowest BCUT2D eigenvalue weighted by atomic mass is 9.91. The maximum Gasteiger partial charge on any atom is 0.0695 e. The fraction of sp³-hybridized carbons (Fsp3) is 1.00. The largest absolute Gasteiger partial charge is 0.391 e. The first kappa shape index (κ1) is 15.8. The van der Waals surface area contributed by atoms with Gasteiger partial charge in [-0.2, -0.15) is 0 Å². The summed E-state index contributed by atoms with van der Waals surface area (Å²) in [6.07, 6.45) is 14.3. The van der Waals surface area contributed by atoms with Gasteiger partial charge in [0.2, 0.25) is 0 Å². The normalized spacial score (nSPS) is 35.3. The van der Waals surface area contributed by atoms with Crippen LogP contribution in [0.1, 0.15) is 70.6 Å². The topological polar surface area (TPSA) is 26.7 Å². The molecule has 0 radical (unpaired) electrons. The number of hydrogen-bond donors (Lipinski definition) is 1.